The Morgan fingerprint density at radius 2 is 1.81 bits per heavy atom. The van der Waals surface area contributed by atoms with Crippen LogP contribution >= 0.6 is 0 Å². The van der Waals surface area contributed by atoms with E-state index in [1.54, 1.807) is 24.8 Å². The van der Waals surface area contributed by atoms with E-state index in [0.717, 1.165) is 17.0 Å². The summed E-state index contributed by atoms with van der Waals surface area (Å²) in [6.07, 6.45) is 1.30. The van der Waals surface area contributed by atoms with Gasteiger partial charge in [-0.3, -0.25) is 4.79 Å². The first-order chi connectivity index (χ1) is 12.4. The third kappa shape index (κ3) is 2.71. The minimum Gasteiger partial charge on any atom is -0.497 e. The monoisotopic (exact) mass is 356 g/mol. The molecule has 0 unspecified atom stereocenters. The van der Waals surface area contributed by atoms with Crippen LogP contribution in [-0.2, 0) is 12.6 Å². The molecule has 0 radical (unpaired) electrons. The van der Waals surface area contributed by atoms with Gasteiger partial charge in [-0.1, -0.05) is 0 Å². The van der Waals surface area contributed by atoms with Gasteiger partial charge in [0.2, 0.25) is 0 Å². The second kappa shape index (κ2) is 5.83. The topological polar surface area (TPSA) is 43.3 Å². The SMILES string of the molecule is COc1ccc2cc(C(=O)NC3(c4cc(F)cc(F)c4)CC3)n(C)c2c1. The molecule has 0 atom stereocenters. The van der Waals surface area contributed by atoms with Gasteiger partial charge >= 0.3 is 0 Å². The van der Waals surface area contributed by atoms with Crippen LogP contribution in [0.4, 0.5) is 8.78 Å². The van der Waals surface area contributed by atoms with Crippen molar-refractivity contribution in [2.45, 2.75) is 18.4 Å². The van der Waals surface area contributed by atoms with Gasteiger partial charge in [0.25, 0.3) is 5.91 Å². The van der Waals surface area contributed by atoms with E-state index in [1.807, 2.05) is 18.2 Å². The zero-order valence-corrected chi connectivity index (χ0v) is 14.5. The van der Waals surface area contributed by atoms with Crippen molar-refractivity contribution < 1.29 is 18.3 Å². The lowest BCUT2D eigenvalue weighted by Crippen LogP contribution is -2.36. The predicted molar refractivity (Wildman–Crippen MR) is 94.2 cm³/mol. The number of rotatable bonds is 4. The molecule has 1 aliphatic carbocycles. The number of halogens is 2. The number of amides is 1. The Hall–Kier alpha value is -2.89. The highest BCUT2D eigenvalue weighted by Crippen LogP contribution is 2.46. The van der Waals surface area contributed by atoms with Crippen LogP contribution in [0, 0.1) is 11.6 Å². The van der Waals surface area contributed by atoms with Crippen LogP contribution < -0.4 is 10.1 Å². The molecule has 1 aliphatic rings. The van der Waals surface area contributed by atoms with Crippen LogP contribution in [0.15, 0.2) is 42.5 Å². The number of carbonyl (C=O) groups is 1. The molecule has 6 heteroatoms. The zero-order chi connectivity index (χ0) is 18.5. The van der Waals surface area contributed by atoms with Gasteiger partial charge < -0.3 is 14.6 Å². The van der Waals surface area contributed by atoms with Crippen LogP contribution in [0.3, 0.4) is 0 Å². The van der Waals surface area contributed by atoms with Crippen molar-refractivity contribution in [3.63, 3.8) is 0 Å². The molecule has 0 aliphatic heterocycles. The molecule has 1 fully saturated rings. The van der Waals surface area contributed by atoms with Crippen LogP contribution in [0.1, 0.15) is 28.9 Å². The maximum Gasteiger partial charge on any atom is 0.268 e. The summed E-state index contributed by atoms with van der Waals surface area (Å²) in [7, 11) is 3.39. The number of benzene rings is 2. The molecule has 4 nitrogen and oxygen atoms in total. The van der Waals surface area contributed by atoms with E-state index >= 15 is 0 Å². The highest BCUT2D eigenvalue weighted by molar-refractivity contribution is 5.99. The Morgan fingerprint density at radius 3 is 2.42 bits per heavy atom. The Bertz CT molecular complexity index is 1000. The highest BCUT2D eigenvalue weighted by atomic mass is 19.1. The Kier molecular flexibility index (Phi) is 3.72. The summed E-state index contributed by atoms with van der Waals surface area (Å²) in [5.74, 6) is -0.848. The van der Waals surface area contributed by atoms with Crippen molar-refractivity contribution in [3.8, 4) is 5.75 Å². The Balaban J connectivity index is 1.66. The summed E-state index contributed by atoms with van der Waals surface area (Å²) >= 11 is 0. The van der Waals surface area contributed by atoms with Crippen LogP contribution in [-0.4, -0.2) is 17.6 Å². The molecule has 0 spiro atoms. The number of methoxy groups -OCH3 is 1. The van der Waals surface area contributed by atoms with Gasteiger partial charge in [-0.25, -0.2) is 8.78 Å². The molecule has 0 bridgehead atoms. The van der Waals surface area contributed by atoms with Gasteiger partial charge in [-0.15, -0.1) is 0 Å². The van der Waals surface area contributed by atoms with Crippen LogP contribution in [0.2, 0.25) is 0 Å². The zero-order valence-electron chi connectivity index (χ0n) is 14.5. The van der Waals surface area contributed by atoms with Crippen molar-refractivity contribution in [1.82, 2.24) is 9.88 Å². The summed E-state index contributed by atoms with van der Waals surface area (Å²) < 4.78 is 34.1. The molecule has 0 saturated heterocycles. The second-order valence-corrected chi connectivity index (χ2v) is 6.71. The second-order valence-electron chi connectivity index (χ2n) is 6.71. The number of hydrogen-bond donors (Lipinski definition) is 1. The van der Waals surface area contributed by atoms with E-state index in [1.165, 1.54) is 12.1 Å². The minimum absolute atomic E-state index is 0.273. The van der Waals surface area contributed by atoms with E-state index in [-0.39, 0.29) is 5.91 Å². The van der Waals surface area contributed by atoms with E-state index in [2.05, 4.69) is 5.32 Å². The predicted octanol–water partition coefficient (Wildman–Crippen LogP) is 3.88. The molecule has 1 heterocycles. The van der Waals surface area contributed by atoms with Crippen molar-refractivity contribution in [1.29, 1.82) is 0 Å². The molecule has 2 aromatic carbocycles. The summed E-state index contributed by atoms with van der Waals surface area (Å²) in [4.78, 5) is 12.8. The number of aromatic nitrogens is 1. The summed E-state index contributed by atoms with van der Waals surface area (Å²) in [6, 6.07) is 10.8. The van der Waals surface area contributed by atoms with Gasteiger partial charge in [-0.2, -0.15) is 0 Å². The molecule has 4 rings (SSSR count). The quantitative estimate of drug-likeness (QED) is 0.771. The first-order valence-electron chi connectivity index (χ1n) is 8.34. The maximum absolute atomic E-state index is 13.6. The van der Waals surface area contributed by atoms with Crippen molar-refractivity contribution in [2.75, 3.05) is 7.11 Å². The third-order valence-corrected chi connectivity index (χ3v) is 5.00. The number of hydrogen-bond acceptors (Lipinski definition) is 2. The summed E-state index contributed by atoms with van der Waals surface area (Å²) in [6.45, 7) is 0. The summed E-state index contributed by atoms with van der Waals surface area (Å²) in [5.41, 5.74) is 1.12. The maximum atomic E-state index is 13.6. The van der Waals surface area contributed by atoms with Crippen molar-refractivity contribution in [2.24, 2.45) is 7.05 Å². The standard InChI is InChI=1S/C20H18F2N2O2/c1-24-17-11-16(26-2)4-3-12(17)7-18(24)19(25)23-20(5-6-20)13-8-14(21)10-15(22)9-13/h3-4,7-11H,5-6H2,1-2H3,(H,23,25). The lowest BCUT2D eigenvalue weighted by Gasteiger charge is -2.18. The lowest BCUT2D eigenvalue weighted by atomic mass is 10.0. The molecule has 3 aromatic rings. The molecule has 1 N–H and O–H groups in total. The van der Waals surface area contributed by atoms with Crippen molar-refractivity contribution >= 4 is 16.8 Å². The lowest BCUT2D eigenvalue weighted by molar-refractivity contribution is 0.0922. The number of fused-ring (bicyclic) bond motifs is 1. The van der Waals surface area contributed by atoms with Crippen LogP contribution in [0.5, 0.6) is 5.75 Å². The number of carbonyl (C=O) groups excluding carboxylic acids is 1. The summed E-state index contributed by atoms with van der Waals surface area (Å²) in [5, 5.41) is 3.88. The Labute approximate surface area is 149 Å². The number of nitrogens with one attached hydrogen (secondary N) is 1. The van der Waals surface area contributed by atoms with Gasteiger partial charge in [0.15, 0.2) is 0 Å². The van der Waals surface area contributed by atoms with Crippen LogP contribution in [0.25, 0.3) is 10.9 Å². The molecular weight excluding hydrogens is 338 g/mol. The molecule has 1 amide bonds. The molecule has 134 valence electrons. The van der Waals surface area contributed by atoms with Gasteiger partial charge in [0.1, 0.15) is 23.1 Å². The highest BCUT2D eigenvalue weighted by Gasteiger charge is 2.46. The largest absolute Gasteiger partial charge is 0.497 e. The Morgan fingerprint density at radius 1 is 1.12 bits per heavy atom. The average Bonchev–Trinajstić information content (AvgIpc) is 3.31. The minimum atomic E-state index is -0.700. The number of ether oxygens (including phenoxy) is 1. The van der Waals surface area contributed by atoms with Gasteiger partial charge in [0.05, 0.1) is 18.2 Å². The normalized spacial score (nSPS) is 15.1. The molecular formula is C20H18F2N2O2. The molecule has 1 saturated carbocycles. The fourth-order valence-corrected chi connectivity index (χ4v) is 3.38. The number of nitrogens with zero attached hydrogens (tertiary/aromatic N) is 1. The van der Waals surface area contributed by atoms with Gasteiger partial charge in [-0.05, 0) is 48.7 Å². The number of aryl methyl sites for hydroxylation is 1. The third-order valence-electron chi connectivity index (χ3n) is 5.00. The smallest absolute Gasteiger partial charge is 0.268 e. The average molecular weight is 356 g/mol. The molecule has 1 aromatic heterocycles. The van der Waals surface area contributed by atoms with E-state index in [0.29, 0.717) is 29.8 Å². The van der Waals surface area contributed by atoms with Gasteiger partial charge in [0, 0.05) is 24.6 Å². The fraction of sp³-hybridized carbons (Fsp3) is 0.250. The van der Waals surface area contributed by atoms with E-state index in [4.69, 9.17) is 4.74 Å². The van der Waals surface area contributed by atoms with Crippen molar-refractivity contribution in [3.05, 3.63) is 65.4 Å². The molecule has 26 heavy (non-hydrogen) atoms. The first-order valence-corrected chi connectivity index (χ1v) is 8.34. The fourth-order valence-electron chi connectivity index (χ4n) is 3.38. The van der Waals surface area contributed by atoms with E-state index < -0.39 is 17.2 Å². The first kappa shape index (κ1) is 16.6. The van der Waals surface area contributed by atoms with E-state index in [9.17, 15) is 13.6 Å².